The summed E-state index contributed by atoms with van der Waals surface area (Å²) in [6, 6.07) is 14.6. The van der Waals surface area contributed by atoms with E-state index in [-0.39, 0.29) is 11.9 Å². The number of nitrogens with zero attached hydrogens (tertiary/aromatic N) is 1. The van der Waals surface area contributed by atoms with E-state index < -0.39 is 0 Å². The van der Waals surface area contributed by atoms with Crippen LogP contribution in [0.3, 0.4) is 0 Å². The lowest BCUT2D eigenvalue weighted by molar-refractivity contribution is 0.625. The van der Waals surface area contributed by atoms with Gasteiger partial charge in [-0.15, -0.1) is 0 Å². The third-order valence-electron chi connectivity index (χ3n) is 3.31. The summed E-state index contributed by atoms with van der Waals surface area (Å²) in [5, 5.41) is 0. The standard InChI is InChI=1S/C16H19FN2/c1-12-6-3-4-9-15(12)16(18)11-19(2)14-8-5-7-13(17)10-14/h3-10,16H,11,18H2,1-2H3. The Labute approximate surface area is 113 Å². The molecular formula is C16H19FN2. The first-order valence-corrected chi connectivity index (χ1v) is 6.36. The fourth-order valence-corrected chi connectivity index (χ4v) is 2.22. The van der Waals surface area contributed by atoms with Crippen molar-refractivity contribution in [1.29, 1.82) is 0 Å². The molecule has 0 fully saturated rings. The van der Waals surface area contributed by atoms with Crippen LogP contribution in [0.5, 0.6) is 0 Å². The number of hydrogen-bond donors (Lipinski definition) is 1. The zero-order valence-electron chi connectivity index (χ0n) is 11.3. The Bertz CT molecular complexity index is 554. The second kappa shape index (κ2) is 5.85. The minimum Gasteiger partial charge on any atom is -0.373 e. The molecule has 0 aromatic heterocycles. The van der Waals surface area contributed by atoms with Crippen LogP contribution in [0.4, 0.5) is 10.1 Å². The third kappa shape index (κ3) is 3.32. The third-order valence-corrected chi connectivity index (χ3v) is 3.31. The molecule has 0 amide bonds. The molecule has 3 heteroatoms. The fourth-order valence-electron chi connectivity index (χ4n) is 2.22. The highest BCUT2D eigenvalue weighted by atomic mass is 19.1. The molecule has 0 aliphatic heterocycles. The van der Waals surface area contributed by atoms with E-state index >= 15 is 0 Å². The van der Waals surface area contributed by atoms with E-state index in [1.54, 1.807) is 6.07 Å². The van der Waals surface area contributed by atoms with E-state index in [4.69, 9.17) is 5.73 Å². The lowest BCUT2D eigenvalue weighted by Gasteiger charge is -2.24. The van der Waals surface area contributed by atoms with Crippen LogP contribution in [0.25, 0.3) is 0 Å². The summed E-state index contributed by atoms with van der Waals surface area (Å²) in [6.45, 7) is 2.70. The van der Waals surface area contributed by atoms with Crippen LogP contribution in [0.1, 0.15) is 17.2 Å². The minimum absolute atomic E-state index is 0.0885. The second-order valence-corrected chi connectivity index (χ2v) is 4.82. The predicted molar refractivity (Wildman–Crippen MR) is 77.8 cm³/mol. The minimum atomic E-state index is -0.228. The number of hydrogen-bond acceptors (Lipinski definition) is 2. The van der Waals surface area contributed by atoms with Gasteiger partial charge in [-0.2, -0.15) is 0 Å². The molecule has 2 aromatic rings. The molecule has 100 valence electrons. The molecule has 2 rings (SSSR count). The van der Waals surface area contributed by atoms with E-state index in [1.807, 2.05) is 36.2 Å². The van der Waals surface area contributed by atoms with E-state index in [2.05, 4.69) is 13.0 Å². The van der Waals surface area contributed by atoms with E-state index in [0.29, 0.717) is 6.54 Å². The molecule has 0 radical (unpaired) electrons. The van der Waals surface area contributed by atoms with Gasteiger partial charge in [0.05, 0.1) is 0 Å². The van der Waals surface area contributed by atoms with Crippen molar-refractivity contribution in [3.63, 3.8) is 0 Å². The highest BCUT2D eigenvalue weighted by Gasteiger charge is 2.12. The van der Waals surface area contributed by atoms with Crippen molar-refractivity contribution in [3.05, 3.63) is 65.5 Å². The number of likely N-dealkylation sites (N-methyl/N-ethyl adjacent to an activating group) is 1. The summed E-state index contributed by atoms with van der Waals surface area (Å²) < 4.78 is 13.2. The van der Waals surface area contributed by atoms with Gasteiger partial charge in [0.1, 0.15) is 5.82 Å². The maximum absolute atomic E-state index is 13.2. The summed E-state index contributed by atoms with van der Waals surface area (Å²) in [7, 11) is 1.92. The van der Waals surface area contributed by atoms with Crippen molar-refractivity contribution in [3.8, 4) is 0 Å². The van der Waals surface area contributed by atoms with Gasteiger partial charge in [-0.3, -0.25) is 0 Å². The van der Waals surface area contributed by atoms with Crippen molar-refractivity contribution < 1.29 is 4.39 Å². The SMILES string of the molecule is Cc1ccccc1C(N)CN(C)c1cccc(F)c1. The average Bonchev–Trinajstić information content (AvgIpc) is 2.39. The van der Waals surface area contributed by atoms with E-state index in [0.717, 1.165) is 11.3 Å². The smallest absolute Gasteiger partial charge is 0.125 e. The summed E-state index contributed by atoms with van der Waals surface area (Å²) in [5.74, 6) is -0.228. The van der Waals surface area contributed by atoms with Gasteiger partial charge < -0.3 is 10.6 Å². The van der Waals surface area contributed by atoms with E-state index in [9.17, 15) is 4.39 Å². The van der Waals surface area contributed by atoms with Gasteiger partial charge in [-0.05, 0) is 36.2 Å². The van der Waals surface area contributed by atoms with Crippen molar-refractivity contribution in [1.82, 2.24) is 0 Å². The molecule has 0 aliphatic rings. The Morgan fingerprint density at radius 1 is 1.16 bits per heavy atom. The van der Waals surface area contributed by atoms with Gasteiger partial charge in [-0.1, -0.05) is 30.3 Å². The zero-order chi connectivity index (χ0) is 13.8. The maximum Gasteiger partial charge on any atom is 0.125 e. The van der Waals surface area contributed by atoms with E-state index in [1.165, 1.54) is 17.7 Å². The zero-order valence-corrected chi connectivity index (χ0v) is 11.3. The molecule has 1 atom stereocenters. The first-order valence-electron chi connectivity index (χ1n) is 6.36. The maximum atomic E-state index is 13.2. The van der Waals surface area contributed by atoms with Crippen LogP contribution in [0.15, 0.2) is 48.5 Å². The lowest BCUT2D eigenvalue weighted by Crippen LogP contribution is -2.29. The number of benzene rings is 2. The van der Waals surface area contributed by atoms with Crippen LogP contribution in [-0.2, 0) is 0 Å². The number of aryl methyl sites for hydroxylation is 1. The first kappa shape index (κ1) is 13.6. The Morgan fingerprint density at radius 2 is 1.89 bits per heavy atom. The molecule has 0 heterocycles. The molecule has 0 saturated heterocycles. The van der Waals surface area contributed by atoms with Crippen LogP contribution < -0.4 is 10.6 Å². The highest BCUT2D eigenvalue weighted by molar-refractivity contribution is 5.46. The molecule has 0 aliphatic carbocycles. The van der Waals surface area contributed by atoms with Crippen molar-refractivity contribution >= 4 is 5.69 Å². The van der Waals surface area contributed by atoms with Gasteiger partial charge in [0.2, 0.25) is 0 Å². The summed E-state index contributed by atoms with van der Waals surface area (Å²) >= 11 is 0. The Hall–Kier alpha value is -1.87. The van der Waals surface area contributed by atoms with Gasteiger partial charge in [0.25, 0.3) is 0 Å². The normalized spacial score (nSPS) is 12.2. The highest BCUT2D eigenvalue weighted by Crippen LogP contribution is 2.20. The Morgan fingerprint density at radius 3 is 2.58 bits per heavy atom. The Kier molecular flexibility index (Phi) is 4.17. The largest absolute Gasteiger partial charge is 0.373 e. The summed E-state index contributed by atoms with van der Waals surface area (Å²) in [6.07, 6.45) is 0. The number of nitrogens with two attached hydrogens (primary N) is 1. The molecule has 2 aromatic carbocycles. The predicted octanol–water partition coefficient (Wildman–Crippen LogP) is 3.27. The topological polar surface area (TPSA) is 29.3 Å². The Balaban J connectivity index is 2.11. The van der Waals surface area contributed by atoms with Gasteiger partial charge >= 0.3 is 0 Å². The monoisotopic (exact) mass is 258 g/mol. The molecule has 0 bridgehead atoms. The molecule has 1 unspecified atom stereocenters. The molecule has 19 heavy (non-hydrogen) atoms. The van der Waals surface area contributed by atoms with Crippen molar-refractivity contribution in [2.45, 2.75) is 13.0 Å². The van der Waals surface area contributed by atoms with Crippen molar-refractivity contribution in [2.24, 2.45) is 5.73 Å². The van der Waals surface area contributed by atoms with Crippen LogP contribution in [-0.4, -0.2) is 13.6 Å². The average molecular weight is 258 g/mol. The number of anilines is 1. The second-order valence-electron chi connectivity index (χ2n) is 4.82. The molecule has 0 spiro atoms. The summed E-state index contributed by atoms with van der Waals surface area (Å²) in [5.41, 5.74) is 9.39. The first-order chi connectivity index (χ1) is 9.08. The quantitative estimate of drug-likeness (QED) is 0.912. The molecule has 2 nitrogen and oxygen atoms in total. The molecule has 0 saturated carbocycles. The number of rotatable bonds is 4. The molecular weight excluding hydrogens is 239 g/mol. The lowest BCUT2D eigenvalue weighted by atomic mass is 10.0. The summed E-state index contributed by atoms with van der Waals surface area (Å²) in [4.78, 5) is 1.97. The fraction of sp³-hybridized carbons (Fsp3) is 0.250. The molecule has 2 N–H and O–H groups in total. The number of halogens is 1. The van der Waals surface area contributed by atoms with Gasteiger partial charge in [0.15, 0.2) is 0 Å². The van der Waals surface area contributed by atoms with Crippen LogP contribution in [0, 0.1) is 12.7 Å². The van der Waals surface area contributed by atoms with Gasteiger partial charge in [-0.25, -0.2) is 4.39 Å². The van der Waals surface area contributed by atoms with Crippen molar-refractivity contribution in [2.75, 3.05) is 18.5 Å². The van der Waals surface area contributed by atoms with Crippen LogP contribution >= 0.6 is 0 Å². The van der Waals surface area contributed by atoms with Gasteiger partial charge in [0, 0.05) is 25.3 Å². The van der Waals surface area contributed by atoms with Crippen LogP contribution in [0.2, 0.25) is 0 Å².